The highest BCUT2D eigenvalue weighted by atomic mass is 16.5. The van der Waals surface area contributed by atoms with E-state index in [0.29, 0.717) is 26.0 Å². The lowest BCUT2D eigenvalue weighted by atomic mass is 10.1. The van der Waals surface area contributed by atoms with Gasteiger partial charge in [-0.15, -0.1) is 0 Å². The number of carboxylic acids is 1. The fraction of sp³-hybridized carbons (Fsp3) is 0.833. The lowest BCUT2D eigenvalue weighted by Crippen LogP contribution is -2.47. The van der Waals surface area contributed by atoms with Gasteiger partial charge in [-0.25, -0.2) is 9.59 Å². The maximum atomic E-state index is 11.8. The van der Waals surface area contributed by atoms with E-state index in [4.69, 9.17) is 9.84 Å². The van der Waals surface area contributed by atoms with E-state index in [0.717, 1.165) is 13.0 Å². The van der Waals surface area contributed by atoms with E-state index in [1.807, 2.05) is 7.05 Å². The number of carbonyl (C=O) groups excluding carboxylic acids is 1. The van der Waals surface area contributed by atoms with Gasteiger partial charge in [-0.2, -0.15) is 0 Å². The summed E-state index contributed by atoms with van der Waals surface area (Å²) in [4.78, 5) is 24.3. The van der Waals surface area contributed by atoms with Crippen molar-refractivity contribution in [1.29, 1.82) is 0 Å². The molecule has 0 aliphatic carbocycles. The summed E-state index contributed by atoms with van der Waals surface area (Å²) in [6.07, 6.45) is 1.78. The van der Waals surface area contributed by atoms with E-state index in [-0.39, 0.29) is 6.03 Å². The first kappa shape index (κ1) is 17.7. The zero-order valence-corrected chi connectivity index (χ0v) is 11.9. The van der Waals surface area contributed by atoms with Gasteiger partial charge in [0.2, 0.25) is 0 Å². The van der Waals surface area contributed by atoms with Crippen LogP contribution in [0.5, 0.6) is 0 Å². The highest BCUT2D eigenvalue weighted by Crippen LogP contribution is 2.00. The van der Waals surface area contributed by atoms with Crippen LogP contribution < -0.4 is 10.6 Å². The number of nitrogens with one attached hydrogen (secondary N) is 2. The molecule has 2 amide bonds. The molecule has 0 aromatic rings. The second-order valence-corrected chi connectivity index (χ2v) is 4.35. The molecule has 0 aromatic heterocycles. The van der Waals surface area contributed by atoms with Crippen LogP contribution >= 0.6 is 0 Å². The van der Waals surface area contributed by atoms with Crippen molar-refractivity contribution in [2.45, 2.75) is 25.3 Å². The smallest absolute Gasteiger partial charge is 0.326 e. The van der Waals surface area contributed by atoms with Crippen LogP contribution in [0.15, 0.2) is 0 Å². The highest BCUT2D eigenvalue weighted by Gasteiger charge is 2.20. The predicted molar refractivity (Wildman–Crippen MR) is 72.2 cm³/mol. The number of ether oxygens (including phenoxy) is 1. The van der Waals surface area contributed by atoms with Gasteiger partial charge in [0, 0.05) is 27.3 Å². The molecule has 7 nitrogen and oxygen atoms in total. The first-order valence-electron chi connectivity index (χ1n) is 6.40. The van der Waals surface area contributed by atoms with Gasteiger partial charge in [-0.1, -0.05) is 0 Å². The first-order chi connectivity index (χ1) is 9.02. The Morgan fingerprint density at radius 3 is 2.58 bits per heavy atom. The summed E-state index contributed by atoms with van der Waals surface area (Å²) >= 11 is 0. The van der Waals surface area contributed by atoms with Crippen molar-refractivity contribution < 1.29 is 19.4 Å². The molecule has 1 unspecified atom stereocenters. The molecule has 19 heavy (non-hydrogen) atoms. The van der Waals surface area contributed by atoms with Crippen LogP contribution in [0.4, 0.5) is 4.79 Å². The Hall–Kier alpha value is -1.34. The number of urea groups is 1. The molecule has 112 valence electrons. The molecule has 0 saturated carbocycles. The average Bonchev–Trinajstić information content (AvgIpc) is 2.37. The van der Waals surface area contributed by atoms with Crippen LogP contribution in [0.3, 0.4) is 0 Å². The van der Waals surface area contributed by atoms with E-state index in [2.05, 4.69) is 10.6 Å². The molecule has 3 N–H and O–H groups in total. The Labute approximate surface area is 114 Å². The Bertz CT molecular complexity index is 274. The number of hydrogen-bond acceptors (Lipinski definition) is 4. The van der Waals surface area contributed by atoms with E-state index < -0.39 is 12.0 Å². The molecule has 0 bridgehead atoms. The number of carboxylic acid groups (broad SMARTS) is 1. The van der Waals surface area contributed by atoms with Gasteiger partial charge < -0.3 is 25.4 Å². The third-order valence-corrected chi connectivity index (χ3v) is 2.70. The quantitative estimate of drug-likeness (QED) is 0.493. The summed E-state index contributed by atoms with van der Waals surface area (Å²) < 4.78 is 4.87. The lowest BCUT2D eigenvalue weighted by molar-refractivity contribution is -0.139. The van der Waals surface area contributed by atoms with Crippen LogP contribution in [0.25, 0.3) is 0 Å². The molecule has 0 heterocycles. The molecular formula is C12H25N3O4. The highest BCUT2D eigenvalue weighted by molar-refractivity contribution is 5.82. The van der Waals surface area contributed by atoms with Gasteiger partial charge in [0.1, 0.15) is 6.04 Å². The molecule has 0 aliphatic heterocycles. The minimum absolute atomic E-state index is 0.360. The van der Waals surface area contributed by atoms with Gasteiger partial charge in [0.15, 0.2) is 0 Å². The molecule has 1 atom stereocenters. The van der Waals surface area contributed by atoms with Crippen molar-refractivity contribution in [3.8, 4) is 0 Å². The van der Waals surface area contributed by atoms with Crippen LogP contribution in [-0.2, 0) is 9.53 Å². The monoisotopic (exact) mass is 275 g/mol. The molecule has 0 saturated heterocycles. The topological polar surface area (TPSA) is 90.9 Å². The minimum atomic E-state index is -1.02. The van der Waals surface area contributed by atoms with E-state index in [1.54, 1.807) is 14.2 Å². The SMILES string of the molecule is CNCCCN(C)C(=O)NC(CCCOC)C(=O)O. The summed E-state index contributed by atoms with van der Waals surface area (Å²) in [5.41, 5.74) is 0. The van der Waals surface area contributed by atoms with Gasteiger partial charge in [-0.05, 0) is 32.9 Å². The molecule has 0 aromatic carbocycles. The fourth-order valence-corrected chi connectivity index (χ4v) is 1.54. The number of rotatable bonds is 10. The molecule has 0 aliphatic rings. The normalized spacial score (nSPS) is 11.9. The second-order valence-electron chi connectivity index (χ2n) is 4.35. The molecule has 0 spiro atoms. The number of aliphatic carboxylic acids is 1. The Kier molecular flexibility index (Phi) is 9.82. The average molecular weight is 275 g/mol. The summed E-state index contributed by atoms with van der Waals surface area (Å²) in [6.45, 7) is 1.88. The van der Waals surface area contributed by atoms with Crippen LogP contribution in [0.1, 0.15) is 19.3 Å². The molecular weight excluding hydrogens is 250 g/mol. The molecule has 7 heteroatoms. The van der Waals surface area contributed by atoms with Crippen molar-refractivity contribution in [1.82, 2.24) is 15.5 Å². The van der Waals surface area contributed by atoms with Crippen molar-refractivity contribution in [3.05, 3.63) is 0 Å². The van der Waals surface area contributed by atoms with Crippen molar-refractivity contribution >= 4 is 12.0 Å². The van der Waals surface area contributed by atoms with E-state index in [1.165, 1.54) is 4.90 Å². The van der Waals surface area contributed by atoms with Crippen molar-refractivity contribution in [2.75, 3.05) is 40.9 Å². The van der Waals surface area contributed by atoms with Gasteiger partial charge in [0.05, 0.1) is 0 Å². The number of amides is 2. The molecule has 0 radical (unpaired) electrons. The Morgan fingerprint density at radius 2 is 2.05 bits per heavy atom. The number of methoxy groups -OCH3 is 1. The Balaban J connectivity index is 4.11. The largest absolute Gasteiger partial charge is 0.480 e. The standard InChI is InChI=1S/C12H25N3O4/c1-13-7-5-8-15(2)12(18)14-10(11(16)17)6-4-9-19-3/h10,13H,4-9H2,1-3H3,(H,14,18)(H,16,17). The van der Waals surface area contributed by atoms with E-state index in [9.17, 15) is 9.59 Å². The van der Waals surface area contributed by atoms with Crippen LogP contribution in [0, 0.1) is 0 Å². The fourth-order valence-electron chi connectivity index (χ4n) is 1.54. The summed E-state index contributed by atoms with van der Waals surface area (Å²) in [7, 11) is 5.05. The van der Waals surface area contributed by atoms with E-state index >= 15 is 0 Å². The van der Waals surface area contributed by atoms with Gasteiger partial charge in [-0.3, -0.25) is 0 Å². The van der Waals surface area contributed by atoms with Crippen LogP contribution in [0.2, 0.25) is 0 Å². The summed E-state index contributed by atoms with van der Waals surface area (Å²) in [5, 5.41) is 14.5. The summed E-state index contributed by atoms with van der Waals surface area (Å²) in [5.74, 6) is -1.02. The van der Waals surface area contributed by atoms with Crippen LogP contribution in [-0.4, -0.2) is 69.0 Å². The van der Waals surface area contributed by atoms with Crippen molar-refractivity contribution in [2.24, 2.45) is 0 Å². The number of hydrogen-bond donors (Lipinski definition) is 3. The van der Waals surface area contributed by atoms with Crippen molar-refractivity contribution in [3.63, 3.8) is 0 Å². The third-order valence-electron chi connectivity index (χ3n) is 2.70. The zero-order chi connectivity index (χ0) is 14.7. The second kappa shape index (κ2) is 10.6. The third kappa shape index (κ3) is 8.39. The maximum absolute atomic E-state index is 11.8. The number of carbonyl (C=O) groups is 2. The number of nitrogens with zero attached hydrogens (tertiary/aromatic N) is 1. The zero-order valence-electron chi connectivity index (χ0n) is 11.9. The maximum Gasteiger partial charge on any atom is 0.326 e. The molecule has 0 fully saturated rings. The van der Waals surface area contributed by atoms with Gasteiger partial charge >= 0.3 is 12.0 Å². The lowest BCUT2D eigenvalue weighted by Gasteiger charge is -2.21. The first-order valence-corrected chi connectivity index (χ1v) is 6.40. The molecule has 0 rings (SSSR count). The predicted octanol–water partition coefficient (Wildman–Crippen LogP) is 0.117. The van der Waals surface area contributed by atoms with Gasteiger partial charge in [0.25, 0.3) is 0 Å². The Morgan fingerprint density at radius 1 is 1.37 bits per heavy atom. The minimum Gasteiger partial charge on any atom is -0.480 e. The summed E-state index contributed by atoms with van der Waals surface area (Å²) in [6, 6.07) is -1.23.